The summed E-state index contributed by atoms with van der Waals surface area (Å²) in [6.45, 7) is 5.96. The second-order valence-corrected chi connectivity index (χ2v) is 6.23. The summed E-state index contributed by atoms with van der Waals surface area (Å²) < 4.78 is 0. The van der Waals surface area contributed by atoms with Gasteiger partial charge in [0.2, 0.25) is 11.8 Å². The Morgan fingerprint density at radius 3 is 1.92 bits per heavy atom. The van der Waals surface area contributed by atoms with Gasteiger partial charge in [0.05, 0.1) is 0 Å². The van der Waals surface area contributed by atoms with Crippen LogP contribution in [0.5, 0.6) is 0 Å². The van der Waals surface area contributed by atoms with Crippen LogP contribution in [0.3, 0.4) is 0 Å². The number of hydrogen-bond donors (Lipinski definition) is 0. The zero-order chi connectivity index (χ0) is 17.8. The van der Waals surface area contributed by atoms with Crippen LogP contribution in [-0.4, -0.2) is 36.9 Å². The summed E-state index contributed by atoms with van der Waals surface area (Å²) >= 11 is 0. The van der Waals surface area contributed by atoms with Crippen molar-refractivity contribution >= 4 is 17.5 Å². The molecule has 0 spiro atoms. The molecule has 1 aromatic carbocycles. The van der Waals surface area contributed by atoms with E-state index in [1.807, 2.05) is 35.2 Å². The predicted molar refractivity (Wildman–Crippen MR) is 100 cm³/mol. The second-order valence-electron chi connectivity index (χ2n) is 6.23. The van der Waals surface area contributed by atoms with Crippen molar-refractivity contribution in [2.45, 2.75) is 58.8 Å². The highest BCUT2D eigenvalue weighted by atomic mass is 16.2. The first kappa shape index (κ1) is 20.2. The summed E-state index contributed by atoms with van der Waals surface area (Å²) in [6.07, 6.45) is 5.76. The monoisotopic (exact) mass is 332 g/mol. The van der Waals surface area contributed by atoms with E-state index in [9.17, 15) is 9.59 Å². The van der Waals surface area contributed by atoms with Crippen LogP contribution in [0.25, 0.3) is 0 Å². The average molecular weight is 332 g/mol. The Morgan fingerprint density at radius 2 is 1.38 bits per heavy atom. The Bertz CT molecular complexity index is 480. The van der Waals surface area contributed by atoms with E-state index in [1.54, 1.807) is 11.9 Å². The van der Waals surface area contributed by atoms with E-state index in [1.165, 1.54) is 0 Å². The SMILES string of the molecule is CCCCN(CCCC)C(=O)CCCC(=O)N(C)c1ccccc1. The van der Waals surface area contributed by atoms with Gasteiger partial charge in [0, 0.05) is 38.7 Å². The molecule has 0 heterocycles. The molecule has 0 radical (unpaired) electrons. The van der Waals surface area contributed by atoms with Gasteiger partial charge in [-0.2, -0.15) is 0 Å². The molecule has 4 nitrogen and oxygen atoms in total. The largest absolute Gasteiger partial charge is 0.343 e. The van der Waals surface area contributed by atoms with E-state index in [2.05, 4.69) is 13.8 Å². The van der Waals surface area contributed by atoms with E-state index in [4.69, 9.17) is 0 Å². The first-order chi connectivity index (χ1) is 11.6. The number of para-hydroxylation sites is 1. The number of nitrogens with zero attached hydrogens (tertiary/aromatic N) is 2. The Morgan fingerprint density at radius 1 is 0.833 bits per heavy atom. The maximum Gasteiger partial charge on any atom is 0.226 e. The molecule has 0 aliphatic heterocycles. The lowest BCUT2D eigenvalue weighted by Gasteiger charge is -2.23. The van der Waals surface area contributed by atoms with Gasteiger partial charge in [0.1, 0.15) is 0 Å². The highest BCUT2D eigenvalue weighted by molar-refractivity contribution is 5.92. The molecular formula is C20H32N2O2. The summed E-state index contributed by atoms with van der Waals surface area (Å²) in [5, 5.41) is 0. The molecule has 0 aliphatic rings. The lowest BCUT2D eigenvalue weighted by atomic mass is 10.1. The van der Waals surface area contributed by atoms with Crippen LogP contribution in [0.2, 0.25) is 0 Å². The molecule has 0 saturated carbocycles. The molecule has 2 amide bonds. The van der Waals surface area contributed by atoms with Crippen molar-refractivity contribution in [3.05, 3.63) is 30.3 Å². The van der Waals surface area contributed by atoms with Crippen molar-refractivity contribution in [2.75, 3.05) is 25.0 Å². The lowest BCUT2D eigenvalue weighted by Crippen LogP contribution is -2.33. The van der Waals surface area contributed by atoms with Crippen molar-refractivity contribution in [2.24, 2.45) is 0 Å². The third-order valence-corrected chi connectivity index (χ3v) is 4.21. The first-order valence-electron chi connectivity index (χ1n) is 9.19. The van der Waals surface area contributed by atoms with E-state index >= 15 is 0 Å². The minimum atomic E-state index is 0.0580. The second kappa shape index (κ2) is 11.7. The van der Waals surface area contributed by atoms with Crippen molar-refractivity contribution in [1.82, 2.24) is 4.90 Å². The van der Waals surface area contributed by atoms with Gasteiger partial charge < -0.3 is 9.80 Å². The van der Waals surface area contributed by atoms with Crippen LogP contribution in [0.4, 0.5) is 5.69 Å². The number of unbranched alkanes of at least 4 members (excludes halogenated alkanes) is 2. The van der Waals surface area contributed by atoms with Crippen LogP contribution in [0.15, 0.2) is 30.3 Å². The van der Waals surface area contributed by atoms with Gasteiger partial charge in [0.25, 0.3) is 0 Å². The molecule has 0 atom stereocenters. The lowest BCUT2D eigenvalue weighted by molar-refractivity contribution is -0.131. The fraction of sp³-hybridized carbons (Fsp3) is 0.600. The van der Waals surface area contributed by atoms with Gasteiger partial charge in [0.15, 0.2) is 0 Å². The van der Waals surface area contributed by atoms with Crippen molar-refractivity contribution in [1.29, 1.82) is 0 Å². The summed E-state index contributed by atoms with van der Waals surface area (Å²) in [7, 11) is 1.79. The molecule has 0 saturated heterocycles. The summed E-state index contributed by atoms with van der Waals surface area (Å²) in [6, 6.07) is 9.60. The van der Waals surface area contributed by atoms with E-state index in [0.29, 0.717) is 19.3 Å². The topological polar surface area (TPSA) is 40.6 Å². The van der Waals surface area contributed by atoms with Gasteiger partial charge in [-0.05, 0) is 31.4 Å². The van der Waals surface area contributed by atoms with Crippen LogP contribution in [-0.2, 0) is 9.59 Å². The molecule has 0 unspecified atom stereocenters. The van der Waals surface area contributed by atoms with Crippen LogP contribution < -0.4 is 4.90 Å². The fourth-order valence-electron chi connectivity index (χ4n) is 2.57. The molecule has 0 bridgehead atoms. The maximum atomic E-state index is 12.4. The Kier molecular flexibility index (Phi) is 9.81. The van der Waals surface area contributed by atoms with E-state index < -0.39 is 0 Å². The normalized spacial score (nSPS) is 10.5. The molecule has 0 aromatic heterocycles. The highest BCUT2D eigenvalue weighted by Crippen LogP contribution is 2.13. The summed E-state index contributed by atoms with van der Waals surface area (Å²) in [5.41, 5.74) is 0.890. The Hall–Kier alpha value is -1.84. The van der Waals surface area contributed by atoms with Crippen molar-refractivity contribution in [3.8, 4) is 0 Å². The fourth-order valence-corrected chi connectivity index (χ4v) is 2.57. The molecule has 24 heavy (non-hydrogen) atoms. The third-order valence-electron chi connectivity index (χ3n) is 4.21. The minimum absolute atomic E-state index is 0.0580. The first-order valence-corrected chi connectivity index (χ1v) is 9.19. The molecule has 1 rings (SSSR count). The molecule has 0 fully saturated rings. The number of anilines is 1. The smallest absolute Gasteiger partial charge is 0.226 e. The number of carbonyl (C=O) groups excluding carboxylic acids is 2. The van der Waals surface area contributed by atoms with Crippen molar-refractivity contribution < 1.29 is 9.59 Å². The van der Waals surface area contributed by atoms with Crippen LogP contribution >= 0.6 is 0 Å². The standard InChI is InChI=1S/C20H32N2O2/c1-4-6-16-22(17-7-5-2)20(24)15-11-14-19(23)21(3)18-12-9-8-10-13-18/h8-10,12-13H,4-7,11,14-17H2,1-3H3. The average Bonchev–Trinajstić information content (AvgIpc) is 2.61. The summed E-state index contributed by atoms with van der Waals surface area (Å²) in [5.74, 6) is 0.245. The molecule has 0 N–H and O–H groups in total. The van der Waals surface area contributed by atoms with Gasteiger partial charge >= 0.3 is 0 Å². The number of amides is 2. The highest BCUT2D eigenvalue weighted by Gasteiger charge is 2.15. The van der Waals surface area contributed by atoms with Gasteiger partial charge in [-0.15, -0.1) is 0 Å². The van der Waals surface area contributed by atoms with Gasteiger partial charge in [-0.1, -0.05) is 44.9 Å². The zero-order valence-electron chi connectivity index (χ0n) is 15.5. The zero-order valence-corrected chi connectivity index (χ0v) is 15.5. The molecule has 134 valence electrons. The summed E-state index contributed by atoms with van der Waals surface area (Å²) in [4.78, 5) is 28.3. The van der Waals surface area contributed by atoms with Gasteiger partial charge in [-0.3, -0.25) is 9.59 Å². The quantitative estimate of drug-likeness (QED) is 0.608. The molecule has 0 aliphatic carbocycles. The minimum Gasteiger partial charge on any atom is -0.343 e. The van der Waals surface area contributed by atoms with Gasteiger partial charge in [-0.25, -0.2) is 0 Å². The van der Waals surface area contributed by atoms with Crippen LogP contribution in [0, 0.1) is 0 Å². The Labute approximate surface area is 146 Å². The van der Waals surface area contributed by atoms with Crippen molar-refractivity contribution in [3.63, 3.8) is 0 Å². The maximum absolute atomic E-state index is 12.4. The Balaban J connectivity index is 2.40. The molecular weight excluding hydrogens is 300 g/mol. The van der Waals surface area contributed by atoms with Crippen LogP contribution in [0.1, 0.15) is 58.8 Å². The number of rotatable bonds is 11. The number of hydrogen-bond acceptors (Lipinski definition) is 2. The number of benzene rings is 1. The number of carbonyl (C=O) groups is 2. The molecule has 4 heteroatoms. The third kappa shape index (κ3) is 7.16. The van der Waals surface area contributed by atoms with E-state index in [-0.39, 0.29) is 11.8 Å². The van der Waals surface area contributed by atoms with E-state index in [0.717, 1.165) is 44.5 Å². The molecule has 1 aromatic rings. The predicted octanol–water partition coefficient (Wildman–Crippen LogP) is 4.25.